The Morgan fingerprint density at radius 3 is 2.67 bits per heavy atom. The Hall–Kier alpha value is -1.43. The van der Waals surface area contributed by atoms with Gasteiger partial charge in [0.1, 0.15) is 11.3 Å². The van der Waals surface area contributed by atoms with Crippen LogP contribution in [0.25, 0.3) is 0 Å². The van der Waals surface area contributed by atoms with Crippen molar-refractivity contribution < 1.29 is 19.1 Å². The van der Waals surface area contributed by atoms with Gasteiger partial charge in [0.05, 0.1) is 5.75 Å². The van der Waals surface area contributed by atoms with Gasteiger partial charge in [-0.1, -0.05) is 6.92 Å². The molecule has 0 spiro atoms. The molecule has 0 aliphatic rings. The number of furan rings is 1. The van der Waals surface area contributed by atoms with E-state index in [-0.39, 0.29) is 5.76 Å². The number of rotatable bonds is 6. The molecule has 1 unspecified atom stereocenters. The molecule has 0 saturated carbocycles. The fourth-order valence-electron chi connectivity index (χ4n) is 1.33. The summed E-state index contributed by atoms with van der Waals surface area (Å²) in [5, 5.41) is 11.5. The van der Waals surface area contributed by atoms with Crippen LogP contribution in [0, 0.1) is 0 Å². The standard InChI is InChI=1S/C12H17NO4S/c1-4-12(2,11(15)16)13-10(14)9-6-5-8(17-9)7-18-3/h5-6H,4,7H2,1-3H3,(H,13,14)(H,15,16). The van der Waals surface area contributed by atoms with Gasteiger partial charge in [-0.3, -0.25) is 4.79 Å². The molecular formula is C12H17NO4S. The molecule has 0 bridgehead atoms. The van der Waals surface area contributed by atoms with Crippen LogP contribution in [0.4, 0.5) is 0 Å². The molecule has 2 N–H and O–H groups in total. The van der Waals surface area contributed by atoms with E-state index in [9.17, 15) is 9.59 Å². The van der Waals surface area contributed by atoms with Crippen molar-refractivity contribution >= 4 is 23.6 Å². The molecule has 100 valence electrons. The Morgan fingerprint density at radius 2 is 2.17 bits per heavy atom. The minimum absolute atomic E-state index is 0.139. The van der Waals surface area contributed by atoms with Crippen molar-refractivity contribution in [3.63, 3.8) is 0 Å². The lowest BCUT2D eigenvalue weighted by molar-refractivity contribution is -0.143. The highest BCUT2D eigenvalue weighted by molar-refractivity contribution is 7.97. The highest BCUT2D eigenvalue weighted by Crippen LogP contribution is 2.15. The van der Waals surface area contributed by atoms with Crippen LogP contribution in [0.15, 0.2) is 16.5 Å². The van der Waals surface area contributed by atoms with Crippen LogP contribution < -0.4 is 5.32 Å². The van der Waals surface area contributed by atoms with Gasteiger partial charge in [0.25, 0.3) is 5.91 Å². The van der Waals surface area contributed by atoms with Gasteiger partial charge in [0.15, 0.2) is 5.76 Å². The number of nitrogens with one attached hydrogen (secondary N) is 1. The maximum atomic E-state index is 11.9. The summed E-state index contributed by atoms with van der Waals surface area (Å²) in [5.41, 5.74) is -1.27. The number of carbonyl (C=O) groups is 2. The molecule has 0 aliphatic carbocycles. The second kappa shape index (κ2) is 5.95. The molecule has 1 aromatic rings. The predicted molar refractivity (Wildman–Crippen MR) is 69.7 cm³/mol. The van der Waals surface area contributed by atoms with Gasteiger partial charge < -0.3 is 14.8 Å². The normalized spacial score (nSPS) is 13.9. The summed E-state index contributed by atoms with van der Waals surface area (Å²) in [6, 6.07) is 3.27. The summed E-state index contributed by atoms with van der Waals surface area (Å²) in [5.74, 6) is -0.0541. The fourth-order valence-corrected chi connectivity index (χ4v) is 1.76. The van der Waals surface area contributed by atoms with Crippen molar-refractivity contribution in [3.8, 4) is 0 Å². The largest absolute Gasteiger partial charge is 0.480 e. The number of thioether (sulfide) groups is 1. The maximum Gasteiger partial charge on any atom is 0.329 e. The molecule has 5 nitrogen and oxygen atoms in total. The highest BCUT2D eigenvalue weighted by Gasteiger charge is 2.33. The second-order valence-electron chi connectivity index (χ2n) is 4.14. The minimum atomic E-state index is -1.27. The van der Waals surface area contributed by atoms with E-state index in [2.05, 4.69) is 5.32 Å². The van der Waals surface area contributed by atoms with E-state index in [0.717, 1.165) is 0 Å². The van der Waals surface area contributed by atoms with Gasteiger partial charge in [-0.15, -0.1) is 0 Å². The summed E-state index contributed by atoms with van der Waals surface area (Å²) >= 11 is 1.58. The Bertz CT molecular complexity index is 443. The van der Waals surface area contributed by atoms with E-state index >= 15 is 0 Å². The first-order chi connectivity index (χ1) is 8.42. The molecule has 1 amide bonds. The van der Waals surface area contributed by atoms with Gasteiger partial charge in [-0.25, -0.2) is 4.79 Å². The first-order valence-corrected chi connectivity index (χ1v) is 6.96. The Morgan fingerprint density at radius 1 is 1.50 bits per heavy atom. The summed E-state index contributed by atoms with van der Waals surface area (Å²) < 4.78 is 5.33. The van der Waals surface area contributed by atoms with Crippen LogP contribution in [-0.2, 0) is 10.5 Å². The molecule has 6 heteroatoms. The van der Waals surface area contributed by atoms with Gasteiger partial charge >= 0.3 is 5.97 Å². The predicted octanol–water partition coefficient (Wildman–Crippen LogP) is 2.13. The van der Waals surface area contributed by atoms with Crippen LogP contribution >= 0.6 is 11.8 Å². The quantitative estimate of drug-likeness (QED) is 0.828. The first-order valence-electron chi connectivity index (χ1n) is 5.56. The fraction of sp³-hybridized carbons (Fsp3) is 0.500. The Labute approximate surface area is 110 Å². The summed E-state index contributed by atoms with van der Waals surface area (Å²) in [6.45, 7) is 3.18. The Balaban J connectivity index is 2.78. The molecule has 0 saturated heterocycles. The number of carbonyl (C=O) groups excluding carboxylic acids is 1. The van der Waals surface area contributed by atoms with Gasteiger partial charge in [-0.05, 0) is 31.7 Å². The lowest BCUT2D eigenvalue weighted by atomic mass is 9.99. The molecule has 0 fully saturated rings. The average Bonchev–Trinajstić information content (AvgIpc) is 2.77. The SMILES string of the molecule is CCC(C)(NC(=O)c1ccc(CSC)o1)C(=O)O. The van der Waals surface area contributed by atoms with Crippen molar-refractivity contribution in [2.45, 2.75) is 31.6 Å². The number of hydrogen-bond acceptors (Lipinski definition) is 4. The average molecular weight is 271 g/mol. The third kappa shape index (κ3) is 3.29. The second-order valence-corrected chi connectivity index (χ2v) is 5.01. The van der Waals surface area contributed by atoms with E-state index in [4.69, 9.17) is 9.52 Å². The lowest BCUT2D eigenvalue weighted by Gasteiger charge is -2.23. The van der Waals surface area contributed by atoms with Crippen molar-refractivity contribution in [2.75, 3.05) is 6.26 Å². The summed E-state index contributed by atoms with van der Waals surface area (Å²) in [4.78, 5) is 22.9. The first kappa shape index (κ1) is 14.6. The number of aliphatic carboxylic acids is 1. The molecular weight excluding hydrogens is 254 g/mol. The number of carboxylic acids is 1. The van der Waals surface area contributed by atoms with Crippen LogP contribution in [0.5, 0.6) is 0 Å². The lowest BCUT2D eigenvalue weighted by Crippen LogP contribution is -2.51. The molecule has 1 heterocycles. The molecule has 0 radical (unpaired) electrons. The molecule has 18 heavy (non-hydrogen) atoms. The zero-order chi connectivity index (χ0) is 13.8. The van der Waals surface area contributed by atoms with E-state index in [1.165, 1.54) is 6.92 Å². The van der Waals surface area contributed by atoms with Crippen molar-refractivity contribution in [3.05, 3.63) is 23.7 Å². The molecule has 0 aromatic carbocycles. The van der Waals surface area contributed by atoms with E-state index in [1.807, 2.05) is 6.26 Å². The van der Waals surface area contributed by atoms with Gasteiger partial charge in [-0.2, -0.15) is 11.8 Å². The minimum Gasteiger partial charge on any atom is -0.480 e. The van der Waals surface area contributed by atoms with Gasteiger partial charge in [0, 0.05) is 0 Å². The maximum absolute atomic E-state index is 11.9. The molecule has 1 aromatic heterocycles. The Kier molecular flexibility index (Phi) is 4.84. The molecule has 0 aliphatic heterocycles. The number of amides is 1. The third-order valence-corrected chi connectivity index (χ3v) is 3.31. The van der Waals surface area contributed by atoms with Crippen LogP contribution in [-0.4, -0.2) is 28.8 Å². The number of hydrogen-bond donors (Lipinski definition) is 2. The van der Waals surface area contributed by atoms with E-state index < -0.39 is 17.4 Å². The summed E-state index contributed by atoms with van der Waals surface area (Å²) in [6.07, 6.45) is 2.23. The zero-order valence-electron chi connectivity index (χ0n) is 10.6. The third-order valence-electron chi connectivity index (χ3n) is 2.74. The van der Waals surface area contributed by atoms with E-state index in [1.54, 1.807) is 30.8 Å². The smallest absolute Gasteiger partial charge is 0.329 e. The van der Waals surface area contributed by atoms with Crippen LogP contribution in [0.2, 0.25) is 0 Å². The molecule has 1 atom stereocenters. The van der Waals surface area contributed by atoms with E-state index in [0.29, 0.717) is 17.9 Å². The zero-order valence-corrected chi connectivity index (χ0v) is 11.5. The monoisotopic (exact) mass is 271 g/mol. The number of carboxylic acid groups (broad SMARTS) is 1. The summed E-state index contributed by atoms with van der Waals surface area (Å²) in [7, 11) is 0. The van der Waals surface area contributed by atoms with Crippen molar-refractivity contribution in [2.24, 2.45) is 0 Å². The van der Waals surface area contributed by atoms with Crippen LogP contribution in [0.1, 0.15) is 36.6 Å². The van der Waals surface area contributed by atoms with Crippen LogP contribution in [0.3, 0.4) is 0 Å². The topological polar surface area (TPSA) is 79.5 Å². The van der Waals surface area contributed by atoms with Crippen molar-refractivity contribution in [1.29, 1.82) is 0 Å². The van der Waals surface area contributed by atoms with Crippen molar-refractivity contribution in [1.82, 2.24) is 5.32 Å². The highest BCUT2D eigenvalue weighted by atomic mass is 32.2. The molecule has 1 rings (SSSR count). The van der Waals surface area contributed by atoms with Gasteiger partial charge in [0.2, 0.25) is 0 Å².